The predicted octanol–water partition coefficient (Wildman–Crippen LogP) is 5.32. The highest BCUT2D eigenvalue weighted by Gasteiger charge is 1.90. The van der Waals surface area contributed by atoms with Crippen LogP contribution in [-0.4, -0.2) is 16.2 Å². The number of carboxylic acids is 1. The van der Waals surface area contributed by atoms with Crippen molar-refractivity contribution in [2.45, 2.75) is 58.3 Å². The molecule has 0 bridgehead atoms. The quantitative estimate of drug-likeness (QED) is 0.221. The summed E-state index contributed by atoms with van der Waals surface area (Å²) in [6.07, 6.45) is 21.8. The normalized spacial score (nSPS) is 12.9. The molecule has 0 aromatic heterocycles. The zero-order valence-corrected chi connectivity index (χ0v) is 13.0. The first-order valence-electron chi connectivity index (χ1n) is 7.80. The molecule has 0 saturated carbocycles. The van der Waals surface area contributed by atoms with E-state index in [0.29, 0.717) is 0 Å². The van der Waals surface area contributed by atoms with Gasteiger partial charge in [0.05, 0.1) is 6.08 Å². The van der Waals surface area contributed by atoms with Gasteiger partial charge in [-0.3, -0.25) is 0 Å². The minimum absolute atomic E-state index is 0.265. The van der Waals surface area contributed by atoms with Crippen molar-refractivity contribution in [3.63, 3.8) is 0 Å². The summed E-state index contributed by atoms with van der Waals surface area (Å²) in [5.74, 6) is -1.42. The minimum atomic E-state index is -1.16. The number of hydrogen-bond acceptors (Lipinski definition) is 2. The molecule has 0 amide bonds. The van der Waals surface area contributed by atoms with Crippen LogP contribution in [0.2, 0.25) is 0 Å². The molecule has 0 radical (unpaired) electrons. The standard InChI is InChI=1S/C18H28O3/c1-2-3-4-5-6-7-8-9-10-11-12-13-14-15-17(19)16-18(20)21/h10-16,19H,2-9H2,1H3,(H,20,21)/b11-10+,13-12+,15-14+,17-16-. The summed E-state index contributed by atoms with van der Waals surface area (Å²) in [5, 5.41) is 17.5. The van der Waals surface area contributed by atoms with Gasteiger partial charge >= 0.3 is 5.97 Å². The van der Waals surface area contributed by atoms with E-state index in [1.54, 1.807) is 12.2 Å². The van der Waals surface area contributed by atoms with Gasteiger partial charge in [0.2, 0.25) is 0 Å². The van der Waals surface area contributed by atoms with Crippen LogP contribution in [-0.2, 0) is 4.79 Å². The summed E-state index contributed by atoms with van der Waals surface area (Å²) < 4.78 is 0. The number of aliphatic hydroxyl groups is 1. The topological polar surface area (TPSA) is 57.5 Å². The lowest BCUT2D eigenvalue weighted by Crippen LogP contribution is -1.89. The monoisotopic (exact) mass is 292 g/mol. The summed E-state index contributed by atoms with van der Waals surface area (Å²) in [7, 11) is 0. The Morgan fingerprint density at radius 2 is 1.48 bits per heavy atom. The number of rotatable bonds is 12. The van der Waals surface area contributed by atoms with Crippen molar-refractivity contribution in [3.05, 3.63) is 48.3 Å². The van der Waals surface area contributed by atoms with Crippen LogP contribution in [0.4, 0.5) is 0 Å². The Hall–Kier alpha value is -1.77. The summed E-state index contributed by atoms with van der Waals surface area (Å²) in [6.45, 7) is 2.23. The zero-order chi connectivity index (χ0) is 15.8. The van der Waals surface area contributed by atoms with E-state index >= 15 is 0 Å². The highest BCUT2D eigenvalue weighted by atomic mass is 16.4. The summed E-state index contributed by atoms with van der Waals surface area (Å²) in [5.41, 5.74) is 0. The first-order chi connectivity index (χ1) is 10.2. The fraction of sp³-hybridized carbons (Fsp3) is 0.500. The van der Waals surface area contributed by atoms with Crippen LogP contribution in [0.3, 0.4) is 0 Å². The first-order valence-corrected chi connectivity index (χ1v) is 7.80. The largest absolute Gasteiger partial charge is 0.508 e. The van der Waals surface area contributed by atoms with Gasteiger partial charge < -0.3 is 10.2 Å². The molecule has 0 aliphatic carbocycles. The maximum Gasteiger partial charge on any atom is 0.332 e. The van der Waals surface area contributed by atoms with E-state index < -0.39 is 5.97 Å². The average molecular weight is 292 g/mol. The lowest BCUT2D eigenvalue weighted by molar-refractivity contribution is -0.131. The molecular weight excluding hydrogens is 264 g/mol. The van der Waals surface area contributed by atoms with E-state index in [9.17, 15) is 4.79 Å². The Bertz CT molecular complexity index is 376. The van der Waals surface area contributed by atoms with Crippen molar-refractivity contribution in [2.75, 3.05) is 0 Å². The average Bonchev–Trinajstić information content (AvgIpc) is 2.43. The van der Waals surface area contributed by atoms with E-state index in [1.807, 2.05) is 12.2 Å². The molecule has 0 rings (SSSR count). The molecule has 118 valence electrons. The van der Waals surface area contributed by atoms with Gasteiger partial charge in [0.25, 0.3) is 0 Å². The van der Waals surface area contributed by atoms with Crippen LogP contribution in [0.1, 0.15) is 58.3 Å². The lowest BCUT2D eigenvalue weighted by Gasteiger charge is -1.98. The molecule has 21 heavy (non-hydrogen) atoms. The van der Waals surface area contributed by atoms with Crippen LogP contribution in [0.25, 0.3) is 0 Å². The molecular formula is C18H28O3. The Morgan fingerprint density at radius 3 is 2.14 bits per heavy atom. The Labute approximate surface area is 128 Å². The molecule has 2 N–H and O–H groups in total. The second-order valence-corrected chi connectivity index (χ2v) is 4.99. The molecule has 3 heteroatoms. The molecule has 0 aromatic carbocycles. The maximum absolute atomic E-state index is 10.2. The molecule has 0 aliphatic heterocycles. The van der Waals surface area contributed by atoms with E-state index in [4.69, 9.17) is 10.2 Å². The SMILES string of the molecule is CCCCCCCCC/C=C/C=C/C=C/C(O)=C/C(=O)O. The van der Waals surface area contributed by atoms with Gasteiger partial charge in [0, 0.05) is 0 Å². The Kier molecular flexibility index (Phi) is 13.4. The molecule has 0 fully saturated rings. The van der Waals surface area contributed by atoms with Gasteiger partial charge in [-0.15, -0.1) is 0 Å². The highest BCUT2D eigenvalue weighted by Crippen LogP contribution is 2.08. The van der Waals surface area contributed by atoms with Crippen LogP contribution >= 0.6 is 0 Å². The van der Waals surface area contributed by atoms with Crippen LogP contribution in [0.5, 0.6) is 0 Å². The maximum atomic E-state index is 10.2. The number of carbonyl (C=O) groups is 1. The van der Waals surface area contributed by atoms with Gasteiger partial charge in [0.1, 0.15) is 5.76 Å². The predicted molar refractivity (Wildman–Crippen MR) is 88.4 cm³/mol. The third-order valence-electron chi connectivity index (χ3n) is 2.98. The minimum Gasteiger partial charge on any atom is -0.508 e. The Balaban J connectivity index is 3.57. The number of carboxylic acid groups (broad SMARTS) is 1. The van der Waals surface area contributed by atoms with Crippen molar-refractivity contribution in [2.24, 2.45) is 0 Å². The summed E-state index contributed by atoms with van der Waals surface area (Å²) in [6, 6.07) is 0. The number of aliphatic carboxylic acids is 1. The van der Waals surface area contributed by atoms with Crippen molar-refractivity contribution in [1.82, 2.24) is 0 Å². The second-order valence-electron chi connectivity index (χ2n) is 4.99. The van der Waals surface area contributed by atoms with E-state index in [2.05, 4.69) is 13.0 Å². The van der Waals surface area contributed by atoms with E-state index in [1.165, 1.54) is 51.0 Å². The molecule has 0 spiro atoms. The molecule has 0 aliphatic rings. The van der Waals surface area contributed by atoms with E-state index in [0.717, 1.165) is 12.5 Å². The fourth-order valence-electron chi connectivity index (χ4n) is 1.85. The van der Waals surface area contributed by atoms with Gasteiger partial charge in [-0.05, 0) is 18.9 Å². The molecule has 0 unspecified atom stereocenters. The number of aliphatic hydroxyl groups excluding tert-OH is 1. The van der Waals surface area contributed by atoms with Crippen molar-refractivity contribution in [1.29, 1.82) is 0 Å². The smallest absolute Gasteiger partial charge is 0.332 e. The molecule has 0 atom stereocenters. The van der Waals surface area contributed by atoms with Gasteiger partial charge in [-0.1, -0.05) is 75.8 Å². The van der Waals surface area contributed by atoms with Gasteiger partial charge in [0.15, 0.2) is 0 Å². The number of allylic oxidation sites excluding steroid dienone is 6. The first kappa shape index (κ1) is 19.2. The highest BCUT2D eigenvalue weighted by molar-refractivity contribution is 5.80. The Morgan fingerprint density at radius 1 is 0.857 bits per heavy atom. The second kappa shape index (κ2) is 14.6. The summed E-state index contributed by atoms with van der Waals surface area (Å²) >= 11 is 0. The lowest BCUT2D eigenvalue weighted by atomic mass is 10.1. The van der Waals surface area contributed by atoms with Gasteiger partial charge in [-0.2, -0.15) is 0 Å². The van der Waals surface area contributed by atoms with Crippen molar-refractivity contribution < 1.29 is 15.0 Å². The number of unbranched alkanes of at least 4 members (excludes halogenated alkanes) is 7. The van der Waals surface area contributed by atoms with Crippen molar-refractivity contribution in [3.8, 4) is 0 Å². The third-order valence-corrected chi connectivity index (χ3v) is 2.98. The molecule has 3 nitrogen and oxygen atoms in total. The van der Waals surface area contributed by atoms with E-state index in [-0.39, 0.29) is 5.76 Å². The molecule has 0 aromatic rings. The summed E-state index contributed by atoms with van der Waals surface area (Å²) in [4.78, 5) is 10.2. The number of hydrogen-bond donors (Lipinski definition) is 2. The fourth-order valence-corrected chi connectivity index (χ4v) is 1.85. The van der Waals surface area contributed by atoms with Crippen LogP contribution in [0, 0.1) is 0 Å². The van der Waals surface area contributed by atoms with Crippen LogP contribution < -0.4 is 0 Å². The zero-order valence-electron chi connectivity index (χ0n) is 13.0. The molecule has 0 saturated heterocycles. The molecule has 0 heterocycles. The van der Waals surface area contributed by atoms with Gasteiger partial charge in [-0.25, -0.2) is 4.79 Å². The third kappa shape index (κ3) is 16.2. The van der Waals surface area contributed by atoms with Crippen LogP contribution in [0.15, 0.2) is 48.3 Å². The van der Waals surface area contributed by atoms with Crippen molar-refractivity contribution >= 4 is 5.97 Å².